The Hall–Kier alpha value is -2.14. The van der Waals surface area contributed by atoms with Gasteiger partial charge in [0.1, 0.15) is 0 Å². The second-order valence-corrected chi connectivity index (χ2v) is 5.61. The molecule has 2 rings (SSSR count). The molecular formula is C17H16BrNO3. The highest BCUT2D eigenvalue weighted by Gasteiger charge is 2.14. The molecule has 0 fully saturated rings. The van der Waals surface area contributed by atoms with Gasteiger partial charge in [0.2, 0.25) is 0 Å². The maximum absolute atomic E-state index is 11.9. The number of benzene rings is 2. The highest BCUT2D eigenvalue weighted by molar-refractivity contribution is 9.10. The van der Waals surface area contributed by atoms with Crippen LogP contribution in [-0.4, -0.2) is 18.5 Å². The second kappa shape index (κ2) is 7.75. The Morgan fingerprint density at radius 1 is 1.09 bits per heavy atom. The summed E-state index contributed by atoms with van der Waals surface area (Å²) in [5.74, 6) is -0.869. The van der Waals surface area contributed by atoms with Gasteiger partial charge in [0, 0.05) is 4.47 Å². The summed E-state index contributed by atoms with van der Waals surface area (Å²) in [5, 5.41) is 2.79. The van der Waals surface area contributed by atoms with Gasteiger partial charge in [-0.1, -0.05) is 42.5 Å². The summed E-state index contributed by atoms with van der Waals surface area (Å²) in [5.41, 5.74) is 1.39. The summed E-state index contributed by atoms with van der Waals surface area (Å²) >= 11 is 3.27. The summed E-state index contributed by atoms with van der Waals surface area (Å²) in [4.78, 5) is 23.7. The van der Waals surface area contributed by atoms with Crippen LogP contribution in [0.5, 0.6) is 0 Å². The minimum atomic E-state index is -0.532. The van der Waals surface area contributed by atoms with Crippen LogP contribution in [0.25, 0.3) is 0 Å². The summed E-state index contributed by atoms with van der Waals surface area (Å²) in [7, 11) is 0. The number of ether oxygens (including phenoxy) is 1. The van der Waals surface area contributed by atoms with E-state index in [9.17, 15) is 9.59 Å². The minimum absolute atomic E-state index is 0.143. The fraction of sp³-hybridized carbons (Fsp3) is 0.176. The van der Waals surface area contributed by atoms with Gasteiger partial charge in [0.15, 0.2) is 6.61 Å². The first kappa shape index (κ1) is 16.2. The molecule has 0 spiro atoms. The van der Waals surface area contributed by atoms with E-state index in [2.05, 4.69) is 21.2 Å². The Morgan fingerprint density at radius 2 is 1.73 bits per heavy atom. The molecule has 0 saturated heterocycles. The van der Waals surface area contributed by atoms with Crippen molar-refractivity contribution in [3.63, 3.8) is 0 Å². The van der Waals surface area contributed by atoms with Crippen molar-refractivity contribution in [1.29, 1.82) is 0 Å². The predicted molar refractivity (Wildman–Crippen MR) is 87.4 cm³/mol. The summed E-state index contributed by atoms with van der Waals surface area (Å²) < 4.78 is 5.66. The normalized spacial score (nSPS) is 11.5. The topological polar surface area (TPSA) is 55.4 Å². The fourth-order valence-electron chi connectivity index (χ4n) is 1.94. The van der Waals surface area contributed by atoms with Gasteiger partial charge < -0.3 is 10.1 Å². The first-order valence-corrected chi connectivity index (χ1v) is 7.63. The van der Waals surface area contributed by atoms with Crippen LogP contribution in [0.4, 0.5) is 0 Å². The third-order valence-corrected chi connectivity index (χ3v) is 3.80. The Kier molecular flexibility index (Phi) is 5.72. The number of carbonyl (C=O) groups excluding carboxylic acids is 2. The zero-order chi connectivity index (χ0) is 15.9. The molecule has 5 heteroatoms. The van der Waals surface area contributed by atoms with E-state index in [0.29, 0.717) is 10.0 Å². The van der Waals surface area contributed by atoms with E-state index in [1.807, 2.05) is 37.3 Å². The standard InChI is InChI=1S/C17H16BrNO3/c1-12(13-7-3-2-4-8-13)19-16(20)11-22-17(21)14-9-5-6-10-15(14)18/h2-10,12H,11H2,1H3,(H,19,20)/t12-/m0/s1. The number of rotatable bonds is 5. The fourth-order valence-corrected chi connectivity index (χ4v) is 2.39. The van der Waals surface area contributed by atoms with Crippen molar-refractivity contribution in [3.05, 3.63) is 70.2 Å². The van der Waals surface area contributed by atoms with Crippen molar-refractivity contribution in [2.45, 2.75) is 13.0 Å². The van der Waals surface area contributed by atoms with Crippen LogP contribution in [0.15, 0.2) is 59.1 Å². The van der Waals surface area contributed by atoms with E-state index < -0.39 is 5.97 Å². The SMILES string of the molecule is C[C@H](NC(=O)COC(=O)c1ccccc1Br)c1ccccc1. The summed E-state index contributed by atoms with van der Waals surface area (Å²) in [6.45, 7) is 1.57. The molecule has 2 aromatic carbocycles. The van der Waals surface area contributed by atoms with Crippen molar-refractivity contribution in [2.75, 3.05) is 6.61 Å². The van der Waals surface area contributed by atoms with Gasteiger partial charge in [0.25, 0.3) is 5.91 Å². The van der Waals surface area contributed by atoms with Crippen molar-refractivity contribution in [1.82, 2.24) is 5.32 Å². The quantitative estimate of drug-likeness (QED) is 0.829. The Bertz CT molecular complexity index is 658. The molecule has 0 aliphatic heterocycles. The molecule has 4 nitrogen and oxygen atoms in total. The number of esters is 1. The molecule has 0 heterocycles. The van der Waals surface area contributed by atoms with Crippen molar-refractivity contribution in [2.24, 2.45) is 0 Å². The van der Waals surface area contributed by atoms with Crippen LogP contribution in [0, 0.1) is 0 Å². The highest BCUT2D eigenvalue weighted by Crippen LogP contribution is 2.16. The first-order valence-electron chi connectivity index (χ1n) is 6.84. The lowest BCUT2D eigenvalue weighted by Gasteiger charge is -2.14. The van der Waals surface area contributed by atoms with Crippen molar-refractivity contribution in [3.8, 4) is 0 Å². The number of halogens is 1. The Morgan fingerprint density at radius 3 is 2.41 bits per heavy atom. The smallest absolute Gasteiger partial charge is 0.339 e. The Balaban J connectivity index is 1.85. The number of carbonyl (C=O) groups is 2. The van der Waals surface area contributed by atoms with E-state index in [-0.39, 0.29) is 18.6 Å². The molecule has 114 valence electrons. The van der Waals surface area contributed by atoms with Crippen LogP contribution >= 0.6 is 15.9 Å². The van der Waals surface area contributed by atoms with Gasteiger partial charge >= 0.3 is 5.97 Å². The average molecular weight is 362 g/mol. The van der Waals surface area contributed by atoms with Gasteiger partial charge in [-0.15, -0.1) is 0 Å². The van der Waals surface area contributed by atoms with E-state index in [4.69, 9.17) is 4.74 Å². The maximum atomic E-state index is 11.9. The lowest BCUT2D eigenvalue weighted by Crippen LogP contribution is -2.31. The highest BCUT2D eigenvalue weighted by atomic mass is 79.9. The number of amides is 1. The third kappa shape index (κ3) is 4.43. The molecule has 0 aromatic heterocycles. The second-order valence-electron chi connectivity index (χ2n) is 4.76. The van der Waals surface area contributed by atoms with Crippen LogP contribution in [0.3, 0.4) is 0 Å². The van der Waals surface area contributed by atoms with E-state index in [1.54, 1.807) is 24.3 Å². The Labute approximate surface area is 137 Å². The molecule has 0 bridgehead atoms. The number of nitrogens with one attached hydrogen (secondary N) is 1. The van der Waals surface area contributed by atoms with E-state index in [1.165, 1.54) is 0 Å². The maximum Gasteiger partial charge on any atom is 0.339 e. The van der Waals surface area contributed by atoms with Gasteiger partial charge in [-0.3, -0.25) is 4.79 Å². The molecule has 0 saturated carbocycles. The lowest BCUT2D eigenvalue weighted by molar-refractivity contribution is -0.124. The molecule has 1 N–H and O–H groups in total. The number of hydrogen-bond acceptors (Lipinski definition) is 3. The largest absolute Gasteiger partial charge is 0.452 e. The third-order valence-electron chi connectivity index (χ3n) is 3.11. The van der Waals surface area contributed by atoms with Crippen molar-refractivity contribution >= 4 is 27.8 Å². The summed E-state index contributed by atoms with van der Waals surface area (Å²) in [6.07, 6.45) is 0. The van der Waals surface area contributed by atoms with Crippen LogP contribution in [0.2, 0.25) is 0 Å². The molecular weight excluding hydrogens is 346 g/mol. The van der Waals surface area contributed by atoms with Gasteiger partial charge in [-0.2, -0.15) is 0 Å². The van der Waals surface area contributed by atoms with E-state index in [0.717, 1.165) is 5.56 Å². The van der Waals surface area contributed by atoms with Crippen LogP contribution in [0.1, 0.15) is 28.9 Å². The van der Waals surface area contributed by atoms with Gasteiger partial charge in [-0.25, -0.2) is 4.79 Å². The molecule has 22 heavy (non-hydrogen) atoms. The molecule has 1 amide bonds. The lowest BCUT2D eigenvalue weighted by atomic mass is 10.1. The molecule has 0 aliphatic carbocycles. The van der Waals surface area contributed by atoms with Crippen molar-refractivity contribution < 1.29 is 14.3 Å². The van der Waals surface area contributed by atoms with E-state index >= 15 is 0 Å². The average Bonchev–Trinajstić information content (AvgIpc) is 2.54. The molecule has 1 atom stereocenters. The molecule has 0 unspecified atom stereocenters. The van der Waals surface area contributed by atoms with Gasteiger partial charge in [0.05, 0.1) is 11.6 Å². The van der Waals surface area contributed by atoms with Crippen LogP contribution < -0.4 is 5.32 Å². The predicted octanol–water partition coefficient (Wildman–Crippen LogP) is 3.48. The minimum Gasteiger partial charge on any atom is -0.452 e. The number of hydrogen-bond donors (Lipinski definition) is 1. The molecule has 0 radical (unpaired) electrons. The zero-order valence-corrected chi connectivity index (χ0v) is 13.7. The molecule has 2 aromatic rings. The summed E-state index contributed by atoms with van der Waals surface area (Å²) in [6, 6.07) is 16.4. The van der Waals surface area contributed by atoms with Crippen LogP contribution in [-0.2, 0) is 9.53 Å². The molecule has 0 aliphatic rings. The zero-order valence-electron chi connectivity index (χ0n) is 12.1. The first-order chi connectivity index (χ1) is 10.6. The monoisotopic (exact) mass is 361 g/mol. The van der Waals surface area contributed by atoms with Gasteiger partial charge in [-0.05, 0) is 40.5 Å².